The van der Waals surface area contributed by atoms with Crippen LogP contribution < -0.4 is 10.2 Å². The van der Waals surface area contributed by atoms with Gasteiger partial charge in [-0.15, -0.1) is 0 Å². The quantitative estimate of drug-likeness (QED) is 0.708. The van der Waals surface area contributed by atoms with Crippen LogP contribution in [0.2, 0.25) is 0 Å². The molecule has 4 nitrogen and oxygen atoms in total. The van der Waals surface area contributed by atoms with Crippen molar-refractivity contribution in [2.75, 3.05) is 0 Å². The normalized spacial score (nSPS) is 9.00. The Balaban J connectivity index is 0.00000106. The number of carbonyl (C=O) groups is 2. The molecule has 0 spiro atoms. The first-order chi connectivity index (χ1) is 7.43. The average Bonchev–Trinajstić information content (AvgIpc) is 2.23. The fourth-order valence-corrected chi connectivity index (χ4v) is 1.15. The summed E-state index contributed by atoms with van der Waals surface area (Å²) in [5.74, 6) is -3.01. The molecule has 1 rings (SSSR count). The van der Waals surface area contributed by atoms with Crippen LogP contribution in [0.25, 0.3) is 0 Å². The molecule has 88 valence electrons. The molecule has 0 aliphatic heterocycles. The first-order valence-corrected chi connectivity index (χ1v) is 4.97. The molecule has 0 fully saturated rings. The highest BCUT2D eigenvalue weighted by Crippen LogP contribution is 2.14. The molecule has 1 aromatic rings. The maximum Gasteiger partial charge on any atom is 0.0722 e. The Hall–Kier alpha value is -1.84. The van der Waals surface area contributed by atoms with Crippen molar-refractivity contribution in [1.29, 1.82) is 0 Å². The zero-order valence-corrected chi connectivity index (χ0v) is 9.79. The van der Waals surface area contributed by atoms with E-state index < -0.39 is 11.9 Å². The molecule has 0 amide bonds. The maximum absolute atomic E-state index is 10.6. The molecule has 0 heterocycles. The molecule has 0 aromatic heterocycles. The predicted octanol–water partition coefficient (Wildman–Crippen LogP) is 0.0566. The van der Waals surface area contributed by atoms with Crippen molar-refractivity contribution >= 4 is 11.9 Å². The van der Waals surface area contributed by atoms with E-state index in [9.17, 15) is 19.8 Å². The fourth-order valence-electron chi connectivity index (χ4n) is 1.15. The molecule has 0 unspecified atom stereocenters. The molecular weight excluding hydrogens is 208 g/mol. The maximum atomic E-state index is 10.6. The van der Waals surface area contributed by atoms with Crippen LogP contribution >= 0.6 is 0 Å². The van der Waals surface area contributed by atoms with Gasteiger partial charge in [-0.05, 0) is 37.1 Å². The van der Waals surface area contributed by atoms with Crippen LogP contribution in [0.1, 0.15) is 45.7 Å². The van der Waals surface area contributed by atoms with Crippen LogP contribution in [0.4, 0.5) is 0 Å². The molecule has 16 heavy (non-hydrogen) atoms. The van der Waals surface area contributed by atoms with Gasteiger partial charge in [-0.25, -0.2) is 0 Å². The minimum Gasteiger partial charge on any atom is -0.545 e. The summed E-state index contributed by atoms with van der Waals surface area (Å²) in [4.78, 5) is 21.2. The van der Waals surface area contributed by atoms with Gasteiger partial charge < -0.3 is 19.8 Å². The van der Waals surface area contributed by atoms with Gasteiger partial charge in [0.25, 0.3) is 0 Å². The third-order valence-electron chi connectivity index (χ3n) is 2.07. The zero-order chi connectivity index (χ0) is 12.9. The summed E-state index contributed by atoms with van der Waals surface area (Å²) in [6.45, 7) is 7.39. The summed E-state index contributed by atoms with van der Waals surface area (Å²) in [7, 11) is 0. The molecule has 0 aliphatic rings. The van der Waals surface area contributed by atoms with E-state index in [0.717, 1.165) is 0 Å². The first kappa shape index (κ1) is 14.2. The zero-order valence-electron chi connectivity index (χ0n) is 9.79. The van der Waals surface area contributed by atoms with Crippen molar-refractivity contribution in [1.82, 2.24) is 0 Å². The van der Waals surface area contributed by atoms with E-state index in [2.05, 4.69) is 0 Å². The summed E-state index contributed by atoms with van der Waals surface area (Å²) in [6, 6.07) is 2.55. The van der Waals surface area contributed by atoms with E-state index in [0.29, 0.717) is 11.1 Å². The Kier molecular flexibility index (Phi) is 5.22. The predicted molar refractivity (Wildman–Crippen MR) is 55.9 cm³/mol. The van der Waals surface area contributed by atoms with Crippen LogP contribution in [-0.4, -0.2) is 11.9 Å². The van der Waals surface area contributed by atoms with Gasteiger partial charge in [0.1, 0.15) is 0 Å². The fraction of sp³-hybridized carbons (Fsp3) is 0.333. The first-order valence-electron chi connectivity index (χ1n) is 4.97. The standard InChI is InChI=1S/C10H10O4.C2H6/c1-5-3-7(9(11)12)8(10(13)14)4-6(5)2;1-2/h3-4H,1-2H3,(H,11,12)(H,13,14);1-2H3/p-2. The van der Waals surface area contributed by atoms with Crippen molar-refractivity contribution < 1.29 is 19.8 Å². The van der Waals surface area contributed by atoms with E-state index in [4.69, 9.17) is 0 Å². The van der Waals surface area contributed by atoms with Crippen LogP contribution in [0, 0.1) is 13.8 Å². The summed E-state index contributed by atoms with van der Waals surface area (Å²) in [5, 5.41) is 21.2. The molecule has 0 saturated carbocycles. The minimum atomic E-state index is -1.51. The van der Waals surface area contributed by atoms with Crippen molar-refractivity contribution in [2.24, 2.45) is 0 Å². The topological polar surface area (TPSA) is 80.3 Å². The SMILES string of the molecule is CC.Cc1cc(C(=O)[O-])c(C(=O)[O-])cc1C. The Morgan fingerprint density at radius 3 is 1.31 bits per heavy atom. The largest absolute Gasteiger partial charge is 0.545 e. The van der Waals surface area contributed by atoms with Gasteiger partial charge in [0, 0.05) is 11.1 Å². The third-order valence-corrected chi connectivity index (χ3v) is 2.07. The number of aromatic carboxylic acids is 2. The lowest BCUT2D eigenvalue weighted by Gasteiger charge is -2.13. The summed E-state index contributed by atoms with van der Waals surface area (Å²) >= 11 is 0. The average molecular weight is 222 g/mol. The Morgan fingerprint density at radius 2 is 1.12 bits per heavy atom. The van der Waals surface area contributed by atoms with Gasteiger partial charge in [0.2, 0.25) is 0 Å². The molecule has 1 aromatic carbocycles. The highest BCUT2D eigenvalue weighted by atomic mass is 16.4. The highest BCUT2D eigenvalue weighted by molar-refractivity contribution is 6.00. The Morgan fingerprint density at radius 1 is 0.875 bits per heavy atom. The van der Waals surface area contributed by atoms with Gasteiger partial charge in [-0.2, -0.15) is 0 Å². The Labute approximate surface area is 94.5 Å². The molecule has 0 radical (unpaired) electrons. The second kappa shape index (κ2) is 5.90. The van der Waals surface area contributed by atoms with Gasteiger partial charge >= 0.3 is 0 Å². The molecule has 0 bridgehead atoms. The van der Waals surface area contributed by atoms with Gasteiger partial charge in [0.15, 0.2) is 0 Å². The van der Waals surface area contributed by atoms with Crippen LogP contribution in [-0.2, 0) is 0 Å². The summed E-state index contributed by atoms with van der Waals surface area (Å²) in [6.07, 6.45) is 0. The molecule has 0 N–H and O–H groups in total. The van der Waals surface area contributed by atoms with E-state index in [1.54, 1.807) is 13.8 Å². The molecular formula is C12H14O4-2. The van der Waals surface area contributed by atoms with E-state index in [-0.39, 0.29) is 11.1 Å². The molecule has 0 saturated heterocycles. The van der Waals surface area contributed by atoms with Crippen molar-refractivity contribution in [2.45, 2.75) is 27.7 Å². The number of hydrogen-bond acceptors (Lipinski definition) is 4. The van der Waals surface area contributed by atoms with Crippen molar-refractivity contribution in [3.63, 3.8) is 0 Å². The molecule has 0 aliphatic carbocycles. The third kappa shape index (κ3) is 3.08. The molecule has 0 atom stereocenters. The van der Waals surface area contributed by atoms with E-state index in [1.807, 2.05) is 13.8 Å². The number of carboxylic acid groups (broad SMARTS) is 2. The van der Waals surface area contributed by atoms with E-state index in [1.165, 1.54) is 12.1 Å². The number of benzene rings is 1. The van der Waals surface area contributed by atoms with Crippen LogP contribution in [0.5, 0.6) is 0 Å². The van der Waals surface area contributed by atoms with Gasteiger partial charge in [-0.1, -0.05) is 13.8 Å². The number of hydrogen-bond donors (Lipinski definition) is 0. The molecule has 4 heteroatoms. The van der Waals surface area contributed by atoms with Gasteiger partial charge in [-0.3, -0.25) is 0 Å². The minimum absolute atomic E-state index is 0.340. The lowest BCUT2D eigenvalue weighted by Crippen LogP contribution is -2.30. The highest BCUT2D eigenvalue weighted by Gasteiger charge is 2.06. The lowest BCUT2D eigenvalue weighted by atomic mass is 10.00. The number of carboxylic acids is 2. The number of rotatable bonds is 2. The number of aryl methyl sites for hydroxylation is 2. The monoisotopic (exact) mass is 222 g/mol. The van der Waals surface area contributed by atoms with Crippen LogP contribution in [0.3, 0.4) is 0 Å². The Bertz CT molecular complexity index is 369. The van der Waals surface area contributed by atoms with Crippen LogP contribution in [0.15, 0.2) is 12.1 Å². The second-order valence-corrected chi connectivity index (χ2v) is 3.06. The second-order valence-electron chi connectivity index (χ2n) is 3.06. The summed E-state index contributed by atoms with van der Waals surface area (Å²) in [5.41, 5.74) is 0.726. The van der Waals surface area contributed by atoms with E-state index >= 15 is 0 Å². The summed E-state index contributed by atoms with van der Waals surface area (Å²) < 4.78 is 0. The lowest BCUT2D eigenvalue weighted by molar-refractivity contribution is -0.259. The smallest absolute Gasteiger partial charge is 0.0722 e. The van der Waals surface area contributed by atoms with Gasteiger partial charge in [0.05, 0.1) is 11.9 Å². The van der Waals surface area contributed by atoms with Crippen molar-refractivity contribution in [3.05, 3.63) is 34.4 Å². The van der Waals surface area contributed by atoms with Crippen molar-refractivity contribution in [3.8, 4) is 0 Å². The number of carbonyl (C=O) groups excluding carboxylic acids is 2.